The lowest BCUT2D eigenvalue weighted by molar-refractivity contribution is -0.153. The zero-order chi connectivity index (χ0) is 6.41. The highest BCUT2D eigenvalue weighted by atomic mass is 16.8. The molecule has 46 valence electrons. The van der Waals surface area contributed by atoms with Gasteiger partial charge >= 0.3 is 5.97 Å². The highest BCUT2D eigenvalue weighted by Crippen LogP contribution is 1.76. The topological polar surface area (TPSA) is 47.9 Å². The van der Waals surface area contributed by atoms with Crippen molar-refractivity contribution < 1.29 is 14.4 Å². The Balaban J connectivity index is 2.93. The fourth-order valence-electron chi connectivity index (χ4n) is 0.147. The van der Waals surface area contributed by atoms with E-state index in [0.717, 1.165) is 0 Å². The maximum atomic E-state index is 9.95. The van der Waals surface area contributed by atoms with Crippen molar-refractivity contribution in [3.8, 4) is 0 Å². The molecule has 0 spiro atoms. The lowest BCUT2D eigenvalue weighted by atomic mass is 10.8. The van der Waals surface area contributed by atoms with Crippen LogP contribution in [0.4, 0.5) is 0 Å². The molecule has 0 aromatic carbocycles. The van der Waals surface area contributed by atoms with E-state index in [1.807, 2.05) is 0 Å². The molecule has 0 unspecified atom stereocenters. The summed E-state index contributed by atoms with van der Waals surface area (Å²) in [6.45, 7) is 4.12. The Labute approximate surface area is 47.1 Å². The lowest BCUT2D eigenvalue weighted by Gasteiger charge is -1.95. The summed E-state index contributed by atoms with van der Waals surface area (Å²) in [4.78, 5) is 14.2. The molecular formula is C4H7NO3. The quantitative estimate of drug-likeness (QED) is 0.174. The van der Waals surface area contributed by atoms with Crippen molar-refractivity contribution in [2.24, 2.45) is 5.16 Å². The first-order valence-corrected chi connectivity index (χ1v) is 1.98. The Bertz CT molecular complexity index is 91.3. The van der Waals surface area contributed by atoms with Gasteiger partial charge in [-0.2, -0.15) is 0 Å². The average Bonchev–Trinajstić information content (AvgIpc) is 1.66. The number of carbonyl (C=O) groups is 1. The summed E-state index contributed by atoms with van der Waals surface area (Å²) < 4.78 is 4.29. The van der Waals surface area contributed by atoms with Gasteiger partial charge in [0.25, 0.3) is 6.79 Å². The largest absolute Gasteiger partial charge is 0.426 e. The molecule has 8 heavy (non-hydrogen) atoms. The molecular weight excluding hydrogens is 110 g/mol. The smallest absolute Gasteiger partial charge is 0.305 e. The maximum Gasteiger partial charge on any atom is 0.305 e. The van der Waals surface area contributed by atoms with Gasteiger partial charge in [0.15, 0.2) is 0 Å². The summed E-state index contributed by atoms with van der Waals surface area (Å²) in [5, 5.41) is 2.98. The van der Waals surface area contributed by atoms with E-state index in [2.05, 4.69) is 21.4 Å². The molecule has 0 rings (SSSR count). The van der Waals surface area contributed by atoms with Gasteiger partial charge in [-0.1, -0.05) is 5.16 Å². The molecule has 0 radical (unpaired) electrons. The van der Waals surface area contributed by atoms with Crippen LogP contribution in [0.2, 0.25) is 0 Å². The molecule has 0 saturated carbocycles. The van der Waals surface area contributed by atoms with Gasteiger partial charge in [0.05, 0.1) is 0 Å². The highest BCUT2D eigenvalue weighted by Gasteiger charge is 1.87. The van der Waals surface area contributed by atoms with Crippen LogP contribution in [0.5, 0.6) is 0 Å². The second-order valence-corrected chi connectivity index (χ2v) is 1.01. The van der Waals surface area contributed by atoms with E-state index < -0.39 is 5.97 Å². The van der Waals surface area contributed by atoms with Gasteiger partial charge in [-0.25, -0.2) is 0 Å². The van der Waals surface area contributed by atoms with Gasteiger partial charge in [0.1, 0.15) is 0 Å². The van der Waals surface area contributed by atoms with Gasteiger partial charge < -0.3 is 9.57 Å². The third kappa shape index (κ3) is 4.94. The van der Waals surface area contributed by atoms with Gasteiger partial charge in [0.2, 0.25) is 0 Å². The third-order valence-corrected chi connectivity index (χ3v) is 0.406. The van der Waals surface area contributed by atoms with Crippen LogP contribution in [-0.2, 0) is 14.4 Å². The van der Waals surface area contributed by atoms with E-state index in [-0.39, 0.29) is 6.79 Å². The number of esters is 1. The van der Waals surface area contributed by atoms with Crippen LogP contribution in [0.3, 0.4) is 0 Å². The van der Waals surface area contributed by atoms with Crippen LogP contribution in [0.25, 0.3) is 0 Å². The van der Waals surface area contributed by atoms with E-state index in [1.165, 1.54) is 6.92 Å². The second-order valence-electron chi connectivity index (χ2n) is 1.01. The van der Waals surface area contributed by atoms with Crippen molar-refractivity contribution in [1.29, 1.82) is 0 Å². The minimum absolute atomic E-state index is 0.154. The first-order chi connectivity index (χ1) is 3.77. The molecule has 0 bridgehead atoms. The lowest BCUT2D eigenvalue weighted by Crippen LogP contribution is -2.00. The average molecular weight is 117 g/mol. The molecule has 0 aliphatic rings. The predicted octanol–water partition coefficient (Wildman–Crippen LogP) is 0.139. The molecule has 0 aromatic heterocycles. The van der Waals surface area contributed by atoms with Gasteiger partial charge in [-0.15, -0.1) is 0 Å². The standard InChI is InChI=1S/C4H7NO3/c1-4(6)7-3-8-5-2/h2-3H2,1H3. The van der Waals surface area contributed by atoms with Crippen LogP contribution >= 0.6 is 0 Å². The molecule has 0 saturated heterocycles. The first-order valence-electron chi connectivity index (χ1n) is 1.98. The fourth-order valence-corrected chi connectivity index (χ4v) is 0.147. The molecule has 0 aliphatic carbocycles. The maximum absolute atomic E-state index is 9.95. The number of hydrogen-bond donors (Lipinski definition) is 0. The summed E-state index contributed by atoms with van der Waals surface area (Å²) in [5.41, 5.74) is 0. The van der Waals surface area contributed by atoms with E-state index >= 15 is 0 Å². The second kappa shape index (κ2) is 4.11. The molecule has 0 aromatic rings. The van der Waals surface area contributed by atoms with Gasteiger partial charge in [0, 0.05) is 13.6 Å². The van der Waals surface area contributed by atoms with Crippen molar-refractivity contribution >= 4 is 12.7 Å². The molecule has 0 heterocycles. The van der Waals surface area contributed by atoms with E-state index in [4.69, 9.17) is 0 Å². The normalized spacial score (nSPS) is 7.62. The monoisotopic (exact) mass is 117 g/mol. The summed E-state index contributed by atoms with van der Waals surface area (Å²) in [7, 11) is 0. The zero-order valence-electron chi connectivity index (χ0n) is 4.59. The number of hydrogen-bond acceptors (Lipinski definition) is 4. The Morgan fingerprint density at radius 2 is 2.50 bits per heavy atom. The molecule has 0 amide bonds. The van der Waals surface area contributed by atoms with Crippen molar-refractivity contribution in [3.63, 3.8) is 0 Å². The van der Waals surface area contributed by atoms with Crippen molar-refractivity contribution in [2.45, 2.75) is 6.92 Å². The molecule has 0 fully saturated rings. The molecule has 4 nitrogen and oxygen atoms in total. The van der Waals surface area contributed by atoms with E-state index in [0.29, 0.717) is 0 Å². The minimum Gasteiger partial charge on any atom is -0.426 e. The predicted molar refractivity (Wildman–Crippen MR) is 27.3 cm³/mol. The Morgan fingerprint density at radius 1 is 1.88 bits per heavy atom. The molecule has 0 aliphatic heterocycles. The van der Waals surface area contributed by atoms with Crippen molar-refractivity contribution in [1.82, 2.24) is 0 Å². The van der Waals surface area contributed by atoms with Gasteiger partial charge in [-0.05, 0) is 0 Å². The van der Waals surface area contributed by atoms with Gasteiger partial charge in [-0.3, -0.25) is 4.79 Å². The highest BCUT2D eigenvalue weighted by molar-refractivity contribution is 5.65. The number of ether oxygens (including phenoxy) is 1. The minimum atomic E-state index is -0.395. The number of carbonyl (C=O) groups excluding carboxylic acids is 1. The van der Waals surface area contributed by atoms with Crippen molar-refractivity contribution in [2.75, 3.05) is 6.79 Å². The van der Waals surface area contributed by atoms with E-state index in [1.54, 1.807) is 0 Å². The SMILES string of the molecule is C=NOCOC(C)=O. The Morgan fingerprint density at radius 3 is 2.88 bits per heavy atom. The number of nitrogens with zero attached hydrogens (tertiary/aromatic N) is 1. The van der Waals surface area contributed by atoms with Crippen LogP contribution in [0, 0.1) is 0 Å². The summed E-state index contributed by atoms with van der Waals surface area (Å²) in [5.74, 6) is -0.395. The van der Waals surface area contributed by atoms with Crippen LogP contribution in [0.15, 0.2) is 5.16 Å². The zero-order valence-corrected chi connectivity index (χ0v) is 4.59. The number of rotatable bonds is 3. The first kappa shape index (κ1) is 6.94. The van der Waals surface area contributed by atoms with Crippen molar-refractivity contribution in [3.05, 3.63) is 0 Å². The molecule has 0 N–H and O–H groups in total. The summed E-state index contributed by atoms with van der Waals surface area (Å²) >= 11 is 0. The van der Waals surface area contributed by atoms with Crippen LogP contribution in [0.1, 0.15) is 6.92 Å². The number of oxime groups is 1. The summed E-state index contributed by atoms with van der Waals surface area (Å²) in [6, 6.07) is 0. The fraction of sp³-hybridized carbons (Fsp3) is 0.500. The Hall–Kier alpha value is -1.06. The van der Waals surface area contributed by atoms with Crippen LogP contribution in [-0.4, -0.2) is 19.5 Å². The molecule has 0 atom stereocenters. The third-order valence-electron chi connectivity index (χ3n) is 0.406. The molecule has 4 heteroatoms. The van der Waals surface area contributed by atoms with E-state index in [9.17, 15) is 4.79 Å². The summed E-state index contributed by atoms with van der Waals surface area (Å²) in [6.07, 6.45) is 0. The Kier molecular flexibility index (Phi) is 3.56. The van der Waals surface area contributed by atoms with Crippen LogP contribution < -0.4 is 0 Å².